The lowest BCUT2D eigenvalue weighted by molar-refractivity contribution is -0.118. The van der Waals surface area contributed by atoms with Crippen molar-refractivity contribution in [1.82, 2.24) is 9.78 Å². The average molecular weight is 143 g/mol. The molecule has 10 heavy (non-hydrogen) atoms. The highest BCUT2D eigenvalue weighted by molar-refractivity contribution is 5.73. The summed E-state index contributed by atoms with van der Waals surface area (Å²) in [6.45, 7) is -0.0794. The molecule has 1 aromatic rings. The molecule has 1 heterocycles. The third-order valence-corrected chi connectivity index (χ3v) is 0.920. The first-order chi connectivity index (χ1) is 4.68. The van der Waals surface area contributed by atoms with Crippen LogP contribution in [0.25, 0.3) is 0 Å². The number of hydrogen-bond donors (Lipinski definition) is 1. The Labute approximate surface area is 56.4 Å². The predicted octanol–water partition coefficient (Wildman–Crippen LogP) is -0.493. The minimum Gasteiger partial charge on any atom is -0.368 e. The molecular weight excluding hydrogens is 137 g/mol. The minimum absolute atomic E-state index is 0.0794. The normalized spacial score (nSPS) is 9.70. The first-order valence-corrected chi connectivity index (χ1v) is 2.65. The monoisotopic (exact) mass is 143 g/mol. The van der Waals surface area contributed by atoms with Crippen molar-refractivity contribution in [2.75, 3.05) is 0 Å². The van der Waals surface area contributed by atoms with E-state index in [0.717, 1.165) is 17.1 Å². The molecule has 4 nitrogen and oxygen atoms in total. The number of aromatic nitrogens is 2. The highest BCUT2D eigenvalue weighted by atomic mass is 19.1. The first kappa shape index (κ1) is 6.73. The Kier molecular flexibility index (Phi) is 1.66. The lowest BCUT2D eigenvalue weighted by Gasteiger charge is -1.92. The average Bonchev–Trinajstić information content (AvgIpc) is 2.13. The molecule has 0 spiro atoms. The highest BCUT2D eigenvalue weighted by Crippen LogP contribution is 1.92. The van der Waals surface area contributed by atoms with Crippen LogP contribution in [-0.2, 0) is 11.3 Å². The van der Waals surface area contributed by atoms with Gasteiger partial charge in [-0.15, -0.1) is 0 Å². The van der Waals surface area contributed by atoms with Crippen LogP contribution in [0.5, 0.6) is 0 Å². The second-order valence-corrected chi connectivity index (χ2v) is 1.82. The predicted molar refractivity (Wildman–Crippen MR) is 31.4 cm³/mol. The van der Waals surface area contributed by atoms with E-state index in [4.69, 9.17) is 5.73 Å². The highest BCUT2D eigenvalue weighted by Gasteiger charge is 1.98. The third-order valence-electron chi connectivity index (χ3n) is 0.920. The van der Waals surface area contributed by atoms with Gasteiger partial charge < -0.3 is 5.73 Å². The van der Waals surface area contributed by atoms with Crippen molar-refractivity contribution in [2.24, 2.45) is 5.73 Å². The van der Waals surface area contributed by atoms with Crippen molar-refractivity contribution in [1.29, 1.82) is 0 Å². The summed E-state index contributed by atoms with van der Waals surface area (Å²) in [7, 11) is 0. The third kappa shape index (κ3) is 1.54. The molecule has 0 aliphatic heterocycles. The van der Waals surface area contributed by atoms with Crippen LogP contribution in [0.15, 0.2) is 12.4 Å². The molecule has 0 unspecified atom stereocenters. The Hall–Kier alpha value is -1.39. The molecule has 0 saturated carbocycles. The molecular formula is C5H6FN3O. The molecule has 5 heteroatoms. The molecule has 0 fully saturated rings. The molecule has 0 radical (unpaired) electrons. The SMILES string of the molecule is NC(=O)Cn1cc(F)cn1. The quantitative estimate of drug-likeness (QED) is 0.607. The summed E-state index contributed by atoms with van der Waals surface area (Å²) in [6.07, 6.45) is 2.12. The maximum absolute atomic E-state index is 12.1. The van der Waals surface area contributed by atoms with Gasteiger partial charge in [-0.1, -0.05) is 0 Å². The second-order valence-electron chi connectivity index (χ2n) is 1.82. The van der Waals surface area contributed by atoms with Crippen LogP contribution in [0.1, 0.15) is 0 Å². The van der Waals surface area contributed by atoms with Gasteiger partial charge in [-0.2, -0.15) is 5.10 Å². The van der Waals surface area contributed by atoms with E-state index < -0.39 is 11.7 Å². The fourth-order valence-corrected chi connectivity index (χ4v) is 0.584. The Morgan fingerprint density at radius 2 is 2.60 bits per heavy atom. The Balaban J connectivity index is 2.67. The Bertz CT molecular complexity index is 245. The van der Waals surface area contributed by atoms with Crippen molar-refractivity contribution in [3.05, 3.63) is 18.2 Å². The lowest BCUT2D eigenvalue weighted by atomic mass is 10.6. The van der Waals surface area contributed by atoms with E-state index in [-0.39, 0.29) is 6.54 Å². The van der Waals surface area contributed by atoms with Gasteiger partial charge >= 0.3 is 0 Å². The molecule has 1 aromatic heterocycles. The van der Waals surface area contributed by atoms with Crippen LogP contribution in [0, 0.1) is 5.82 Å². The number of rotatable bonds is 2. The summed E-state index contributed by atoms with van der Waals surface area (Å²) in [5.74, 6) is -1.01. The van der Waals surface area contributed by atoms with Crippen LogP contribution in [0.3, 0.4) is 0 Å². The number of halogens is 1. The van der Waals surface area contributed by atoms with Gasteiger partial charge in [0.05, 0.1) is 12.4 Å². The van der Waals surface area contributed by atoms with E-state index >= 15 is 0 Å². The number of nitrogens with zero attached hydrogens (tertiary/aromatic N) is 2. The van der Waals surface area contributed by atoms with Gasteiger partial charge in [0.2, 0.25) is 5.91 Å². The molecule has 2 N–H and O–H groups in total. The van der Waals surface area contributed by atoms with Gasteiger partial charge in [0, 0.05) is 0 Å². The van der Waals surface area contributed by atoms with Crippen molar-refractivity contribution in [2.45, 2.75) is 6.54 Å². The van der Waals surface area contributed by atoms with Crippen LogP contribution in [-0.4, -0.2) is 15.7 Å². The van der Waals surface area contributed by atoms with Gasteiger partial charge in [-0.3, -0.25) is 9.48 Å². The lowest BCUT2D eigenvalue weighted by Crippen LogP contribution is -2.18. The van der Waals surface area contributed by atoms with Gasteiger partial charge in [0.25, 0.3) is 0 Å². The van der Waals surface area contributed by atoms with Crippen LogP contribution < -0.4 is 5.73 Å². The van der Waals surface area contributed by atoms with E-state index in [1.165, 1.54) is 0 Å². The number of primary amides is 1. The van der Waals surface area contributed by atoms with E-state index in [1.807, 2.05) is 0 Å². The van der Waals surface area contributed by atoms with Gasteiger partial charge in [0.1, 0.15) is 6.54 Å². The molecule has 1 amide bonds. The molecule has 1 rings (SSSR count). The fraction of sp³-hybridized carbons (Fsp3) is 0.200. The second kappa shape index (κ2) is 2.47. The van der Waals surface area contributed by atoms with Crippen molar-refractivity contribution < 1.29 is 9.18 Å². The zero-order valence-electron chi connectivity index (χ0n) is 5.12. The van der Waals surface area contributed by atoms with Crippen LogP contribution in [0.4, 0.5) is 4.39 Å². The zero-order chi connectivity index (χ0) is 7.56. The molecule has 0 atom stereocenters. The topological polar surface area (TPSA) is 60.9 Å². The number of carbonyl (C=O) groups excluding carboxylic acids is 1. The summed E-state index contributed by atoms with van der Waals surface area (Å²) in [5, 5.41) is 3.50. The summed E-state index contributed by atoms with van der Waals surface area (Å²) < 4.78 is 13.3. The summed E-state index contributed by atoms with van der Waals surface area (Å²) >= 11 is 0. The molecule has 0 bridgehead atoms. The number of amides is 1. The summed E-state index contributed by atoms with van der Waals surface area (Å²) in [6, 6.07) is 0. The molecule has 0 saturated heterocycles. The standard InChI is InChI=1S/C5H6FN3O/c6-4-1-8-9(2-4)3-5(7)10/h1-2H,3H2,(H2,7,10). The molecule has 54 valence electrons. The maximum atomic E-state index is 12.1. The first-order valence-electron chi connectivity index (χ1n) is 2.65. The van der Waals surface area contributed by atoms with Crippen molar-refractivity contribution in [3.8, 4) is 0 Å². The number of carbonyl (C=O) groups is 1. The Morgan fingerprint density at radius 1 is 1.90 bits per heavy atom. The van der Waals surface area contributed by atoms with E-state index in [0.29, 0.717) is 0 Å². The van der Waals surface area contributed by atoms with Gasteiger partial charge in [-0.05, 0) is 0 Å². The molecule has 0 aliphatic carbocycles. The van der Waals surface area contributed by atoms with Crippen LogP contribution >= 0.6 is 0 Å². The fourth-order valence-electron chi connectivity index (χ4n) is 0.584. The summed E-state index contributed by atoms with van der Waals surface area (Å²) in [4.78, 5) is 10.2. The van der Waals surface area contributed by atoms with Gasteiger partial charge in [0.15, 0.2) is 5.82 Å². The van der Waals surface area contributed by atoms with E-state index in [1.54, 1.807) is 0 Å². The van der Waals surface area contributed by atoms with Gasteiger partial charge in [-0.25, -0.2) is 4.39 Å². The Morgan fingerprint density at radius 3 is 3.00 bits per heavy atom. The van der Waals surface area contributed by atoms with Crippen molar-refractivity contribution in [3.63, 3.8) is 0 Å². The van der Waals surface area contributed by atoms with E-state index in [2.05, 4.69) is 5.10 Å². The minimum atomic E-state index is -0.539. The molecule has 0 aromatic carbocycles. The van der Waals surface area contributed by atoms with E-state index in [9.17, 15) is 9.18 Å². The zero-order valence-corrected chi connectivity index (χ0v) is 5.12. The van der Waals surface area contributed by atoms with Crippen LogP contribution in [0.2, 0.25) is 0 Å². The molecule has 0 aliphatic rings. The maximum Gasteiger partial charge on any atom is 0.239 e. The number of hydrogen-bond acceptors (Lipinski definition) is 2. The number of nitrogens with two attached hydrogens (primary N) is 1. The largest absolute Gasteiger partial charge is 0.368 e. The summed E-state index contributed by atoms with van der Waals surface area (Å²) in [5.41, 5.74) is 4.81. The smallest absolute Gasteiger partial charge is 0.239 e. The van der Waals surface area contributed by atoms with Crippen molar-refractivity contribution >= 4 is 5.91 Å².